The zero-order chi connectivity index (χ0) is 30.7. The minimum absolute atomic E-state index is 0.00795. The van der Waals surface area contributed by atoms with Gasteiger partial charge in [0, 0.05) is 61.8 Å². The van der Waals surface area contributed by atoms with Crippen LogP contribution in [0.4, 0.5) is 24.5 Å². The zero-order valence-corrected chi connectivity index (χ0v) is 24.4. The van der Waals surface area contributed by atoms with Gasteiger partial charge in [0.1, 0.15) is 23.5 Å². The third-order valence-electron chi connectivity index (χ3n) is 8.50. The average molecular weight is 603 g/mol. The summed E-state index contributed by atoms with van der Waals surface area (Å²) in [6, 6.07) is 11.5. The van der Waals surface area contributed by atoms with Gasteiger partial charge >= 0.3 is 6.18 Å². The molecule has 1 aromatic heterocycles. The molecule has 2 heterocycles. The molecular weight excluding hydrogens is 565 g/mol. The average Bonchev–Trinajstić information content (AvgIpc) is 3.37. The number of hydrogen-bond acceptors (Lipinski definition) is 7. The Labute approximate surface area is 248 Å². The Kier molecular flexibility index (Phi) is 9.26. The van der Waals surface area contributed by atoms with Crippen molar-refractivity contribution in [1.82, 2.24) is 9.80 Å². The smallest absolute Gasteiger partial charge is 0.423 e. The maximum Gasteiger partial charge on any atom is 0.423 e. The third kappa shape index (κ3) is 7.66. The Morgan fingerprint density at radius 3 is 2.49 bits per heavy atom. The second kappa shape index (κ2) is 12.9. The van der Waals surface area contributed by atoms with E-state index in [0.29, 0.717) is 38.8 Å². The molecule has 1 aliphatic heterocycles. The number of furan rings is 1. The second-order valence-electron chi connectivity index (χ2n) is 11.6. The lowest BCUT2D eigenvalue weighted by Gasteiger charge is -2.38. The number of carbonyl (C=O) groups excluding carboxylic acids is 1. The van der Waals surface area contributed by atoms with Crippen LogP contribution in [0.25, 0.3) is 11.0 Å². The molecule has 2 aliphatic rings. The molecule has 9 nitrogen and oxygen atoms in total. The summed E-state index contributed by atoms with van der Waals surface area (Å²) in [5, 5.41) is 15.2. The van der Waals surface area contributed by atoms with Crippen molar-refractivity contribution in [3.63, 3.8) is 0 Å². The van der Waals surface area contributed by atoms with Gasteiger partial charge in [-0.25, -0.2) is 0 Å². The lowest BCUT2D eigenvalue weighted by Crippen LogP contribution is -2.52. The Morgan fingerprint density at radius 2 is 1.81 bits per heavy atom. The van der Waals surface area contributed by atoms with Crippen molar-refractivity contribution in [3.05, 3.63) is 69.5 Å². The van der Waals surface area contributed by atoms with Gasteiger partial charge in [0.25, 0.3) is 5.69 Å². The third-order valence-corrected chi connectivity index (χ3v) is 8.50. The Hall–Kier alpha value is -3.64. The van der Waals surface area contributed by atoms with E-state index in [1.54, 1.807) is 0 Å². The first-order chi connectivity index (χ1) is 20.5. The molecule has 1 atom stereocenters. The van der Waals surface area contributed by atoms with Crippen LogP contribution in [-0.4, -0.2) is 71.6 Å². The topological polar surface area (TPSA) is 101 Å². The largest absolute Gasteiger partial charge is 0.461 e. The number of nitrogens with one attached hydrogen (secondary N) is 1. The first-order valence-electron chi connectivity index (χ1n) is 14.7. The van der Waals surface area contributed by atoms with E-state index >= 15 is 0 Å². The maximum absolute atomic E-state index is 13.3. The highest BCUT2D eigenvalue weighted by atomic mass is 19.4. The Morgan fingerprint density at radius 1 is 1.09 bits per heavy atom. The molecule has 1 aliphatic carbocycles. The molecule has 0 bridgehead atoms. The molecule has 1 saturated carbocycles. The number of piperazine rings is 1. The predicted molar refractivity (Wildman–Crippen MR) is 156 cm³/mol. The lowest BCUT2D eigenvalue weighted by atomic mass is 9.92. The monoisotopic (exact) mass is 602 g/mol. The van der Waals surface area contributed by atoms with Crippen LogP contribution in [0.1, 0.15) is 49.5 Å². The fraction of sp³-hybridized carbons (Fsp3) is 0.516. The first kappa shape index (κ1) is 30.8. The summed E-state index contributed by atoms with van der Waals surface area (Å²) in [6.45, 7) is 7.09. The van der Waals surface area contributed by atoms with Crippen molar-refractivity contribution in [2.45, 2.75) is 70.3 Å². The van der Waals surface area contributed by atoms with Gasteiger partial charge in [-0.05, 0) is 69.9 Å². The highest BCUT2D eigenvalue weighted by Gasteiger charge is 2.38. The SMILES string of the molecule is Cc1ccc2oc(CC(C)N3CCN(C(=O)COC4CCC(Nc5ccc([N+](=O)[O-])c(C(F)(F)F)c5)CC4)CC3)cc2c1. The van der Waals surface area contributed by atoms with Crippen molar-refractivity contribution >= 4 is 28.3 Å². The first-order valence-corrected chi connectivity index (χ1v) is 14.7. The van der Waals surface area contributed by atoms with Gasteiger partial charge in [-0.3, -0.25) is 19.8 Å². The fourth-order valence-corrected chi connectivity index (χ4v) is 6.05. The van der Waals surface area contributed by atoms with Crippen molar-refractivity contribution in [3.8, 4) is 0 Å². The molecule has 12 heteroatoms. The molecule has 1 unspecified atom stereocenters. The number of aryl methyl sites for hydroxylation is 1. The van der Waals surface area contributed by atoms with Crippen molar-refractivity contribution in [2.24, 2.45) is 0 Å². The van der Waals surface area contributed by atoms with E-state index in [-0.39, 0.29) is 36.4 Å². The van der Waals surface area contributed by atoms with Crippen LogP contribution in [0, 0.1) is 17.0 Å². The van der Waals surface area contributed by atoms with Gasteiger partial charge < -0.3 is 19.4 Å². The molecule has 43 heavy (non-hydrogen) atoms. The van der Waals surface area contributed by atoms with Gasteiger partial charge in [0.05, 0.1) is 11.0 Å². The van der Waals surface area contributed by atoms with E-state index in [1.165, 1.54) is 11.6 Å². The number of amides is 1. The molecule has 3 aromatic rings. The van der Waals surface area contributed by atoms with E-state index in [2.05, 4.69) is 36.2 Å². The predicted octanol–water partition coefficient (Wildman–Crippen LogP) is 6.18. The molecule has 0 spiro atoms. The van der Waals surface area contributed by atoms with E-state index < -0.39 is 22.4 Å². The lowest BCUT2D eigenvalue weighted by molar-refractivity contribution is -0.388. The number of nitro benzene ring substituents is 1. The van der Waals surface area contributed by atoms with Crippen molar-refractivity contribution in [2.75, 3.05) is 38.1 Å². The molecule has 0 radical (unpaired) electrons. The number of nitro groups is 1. The molecule has 1 amide bonds. The standard InChI is InChI=1S/C31H37F3N4O5/c1-20-3-10-29-22(15-20)17-26(43-29)16-21(2)36-11-13-37(14-12-36)30(39)19-42-25-7-4-23(5-8-25)35-24-6-9-28(38(40)41)27(18-24)31(32,33)34/h3,6,9-10,15,17-18,21,23,25,35H,4-5,7-8,11-14,16,19H2,1-2H3. The van der Waals surface area contributed by atoms with E-state index in [0.717, 1.165) is 48.4 Å². The molecule has 1 N–H and O–H groups in total. The summed E-state index contributed by atoms with van der Waals surface area (Å²) < 4.78 is 51.8. The number of rotatable bonds is 9. The number of halogens is 3. The van der Waals surface area contributed by atoms with Crippen LogP contribution in [-0.2, 0) is 22.1 Å². The Balaban J connectivity index is 1.02. The molecule has 1 saturated heterocycles. The summed E-state index contributed by atoms with van der Waals surface area (Å²) in [4.78, 5) is 27.0. The quantitative estimate of drug-likeness (QED) is 0.231. The summed E-state index contributed by atoms with van der Waals surface area (Å²) in [7, 11) is 0. The summed E-state index contributed by atoms with van der Waals surface area (Å²) >= 11 is 0. The van der Waals surface area contributed by atoms with Crippen molar-refractivity contribution in [1.29, 1.82) is 0 Å². The number of nitrogens with zero attached hydrogens (tertiary/aromatic N) is 3. The zero-order valence-electron chi connectivity index (χ0n) is 24.4. The van der Waals surface area contributed by atoms with E-state index in [4.69, 9.17) is 9.15 Å². The number of anilines is 1. The number of alkyl halides is 3. The van der Waals surface area contributed by atoms with E-state index in [1.807, 2.05) is 17.0 Å². The fourth-order valence-electron chi connectivity index (χ4n) is 6.05. The summed E-state index contributed by atoms with van der Waals surface area (Å²) in [6.07, 6.45) is -1.49. The number of hydrogen-bond donors (Lipinski definition) is 1. The van der Waals surface area contributed by atoms with Gasteiger partial charge in [0.2, 0.25) is 5.91 Å². The van der Waals surface area contributed by atoms with Crippen molar-refractivity contribution < 1.29 is 32.0 Å². The minimum Gasteiger partial charge on any atom is -0.461 e. The van der Waals surface area contributed by atoms with Gasteiger partial charge in [0.15, 0.2) is 0 Å². The number of benzene rings is 2. The second-order valence-corrected chi connectivity index (χ2v) is 11.6. The number of carbonyl (C=O) groups is 1. The maximum atomic E-state index is 13.3. The minimum atomic E-state index is -4.82. The summed E-state index contributed by atoms with van der Waals surface area (Å²) in [5.74, 6) is 0.925. The Bertz CT molecular complexity index is 1440. The van der Waals surface area contributed by atoms with Crippen LogP contribution in [0.15, 0.2) is 46.9 Å². The van der Waals surface area contributed by atoms with Crippen LogP contribution in [0.3, 0.4) is 0 Å². The molecule has 2 fully saturated rings. The van der Waals surface area contributed by atoms with E-state index in [9.17, 15) is 28.1 Å². The molecule has 2 aromatic carbocycles. The number of fused-ring (bicyclic) bond motifs is 1. The van der Waals surface area contributed by atoms with Crippen LogP contribution < -0.4 is 5.32 Å². The van der Waals surface area contributed by atoms with Crippen LogP contribution in [0.2, 0.25) is 0 Å². The molecule has 5 rings (SSSR count). The molecular formula is C31H37F3N4O5. The van der Waals surface area contributed by atoms with Gasteiger partial charge in [-0.15, -0.1) is 0 Å². The van der Waals surface area contributed by atoms with Crippen LogP contribution in [0.5, 0.6) is 0 Å². The normalized spacial score (nSPS) is 20.7. The highest BCUT2D eigenvalue weighted by Crippen LogP contribution is 2.38. The highest BCUT2D eigenvalue weighted by molar-refractivity contribution is 5.78. The number of ether oxygens (including phenoxy) is 1. The van der Waals surface area contributed by atoms with Gasteiger partial charge in [-0.2, -0.15) is 13.2 Å². The van der Waals surface area contributed by atoms with Gasteiger partial charge in [-0.1, -0.05) is 11.6 Å². The summed E-state index contributed by atoms with van der Waals surface area (Å²) in [5.41, 5.74) is 0.0617. The van der Waals surface area contributed by atoms with Crippen LogP contribution >= 0.6 is 0 Å². The molecule has 232 valence electrons.